The van der Waals surface area contributed by atoms with Crippen LogP contribution in [-0.2, 0) is 28.5 Å². The van der Waals surface area contributed by atoms with E-state index >= 15 is 0 Å². The molecular weight excluding hydrogens is 523 g/mol. The van der Waals surface area contributed by atoms with Gasteiger partial charge in [0.1, 0.15) is 5.82 Å². The van der Waals surface area contributed by atoms with Crippen LogP contribution in [0.4, 0.5) is 35.5 Å². The number of carbonyl (C=O) groups is 2. The topological polar surface area (TPSA) is 61.9 Å². The Kier molecular flexibility index (Phi) is 8.59. The number of nitrogens with zero attached hydrogens (tertiary/aromatic N) is 2. The molecule has 3 amide bonds. The van der Waals surface area contributed by atoms with Crippen LogP contribution in [0.2, 0.25) is 0 Å². The fraction of sp³-hybridized carbons (Fsp3) is 0.440. The van der Waals surface area contributed by atoms with Crippen LogP contribution in [0.1, 0.15) is 40.2 Å². The number of carbonyl (C=O) groups excluding carboxylic acids is 2. The van der Waals surface area contributed by atoms with Crippen molar-refractivity contribution in [2.45, 2.75) is 38.2 Å². The minimum atomic E-state index is -5.01. The third-order valence-corrected chi connectivity index (χ3v) is 6.48. The second kappa shape index (κ2) is 11.2. The summed E-state index contributed by atoms with van der Waals surface area (Å²) in [7, 11) is 2.54. The summed E-state index contributed by atoms with van der Waals surface area (Å²) >= 11 is 0. The van der Waals surface area contributed by atoms with Crippen LogP contribution in [0.3, 0.4) is 0 Å². The molecule has 2 aromatic rings. The summed E-state index contributed by atoms with van der Waals surface area (Å²) in [4.78, 5) is 33.0. The number of nitrogens with one attached hydrogen (secondary N) is 1. The monoisotopic (exact) mass is 549 g/mol. The van der Waals surface area contributed by atoms with E-state index in [0.717, 1.165) is 4.90 Å². The highest BCUT2D eigenvalue weighted by atomic mass is 19.4. The molecule has 1 fully saturated rings. The first-order chi connectivity index (χ1) is 17.6. The van der Waals surface area contributed by atoms with E-state index in [0.29, 0.717) is 23.3 Å². The summed E-state index contributed by atoms with van der Waals surface area (Å²) in [6.45, 7) is 1.32. The maximum atomic E-state index is 13.8. The number of hydrogen-bond acceptors (Lipinski definition) is 3. The molecule has 6 nitrogen and oxygen atoms in total. The maximum Gasteiger partial charge on any atom is 0.416 e. The van der Waals surface area contributed by atoms with Crippen molar-refractivity contribution in [1.29, 1.82) is 0 Å². The molecule has 3 rings (SSSR count). The van der Waals surface area contributed by atoms with Gasteiger partial charge in [-0.15, -0.1) is 0 Å². The molecule has 0 bridgehead atoms. The molecule has 1 heterocycles. The van der Waals surface area contributed by atoms with Gasteiger partial charge in [-0.2, -0.15) is 26.3 Å². The summed E-state index contributed by atoms with van der Waals surface area (Å²) in [6.07, 6.45) is -9.88. The Morgan fingerprint density at radius 3 is 2.18 bits per heavy atom. The predicted octanol–water partition coefficient (Wildman–Crippen LogP) is 5.51. The van der Waals surface area contributed by atoms with Gasteiger partial charge in [0.25, 0.3) is 0 Å². The number of rotatable bonds is 5. The molecule has 0 aliphatic carbocycles. The Balaban J connectivity index is 1.92. The summed E-state index contributed by atoms with van der Waals surface area (Å²) in [5.41, 5.74) is 0.0256. The third-order valence-electron chi connectivity index (χ3n) is 6.48. The van der Waals surface area contributed by atoms with Crippen LogP contribution in [0.25, 0.3) is 0 Å². The van der Waals surface area contributed by atoms with Gasteiger partial charge in [0.05, 0.1) is 18.2 Å². The predicted molar refractivity (Wildman–Crippen MR) is 122 cm³/mol. The molecule has 1 N–H and O–H groups in total. The van der Waals surface area contributed by atoms with Crippen molar-refractivity contribution in [3.63, 3.8) is 0 Å². The summed E-state index contributed by atoms with van der Waals surface area (Å²) in [5.74, 6) is -2.42. The smallest absolute Gasteiger partial charge is 0.341 e. The molecule has 2 aromatic carbocycles. The highest BCUT2D eigenvalue weighted by molar-refractivity contribution is 5.81. The van der Waals surface area contributed by atoms with Crippen molar-refractivity contribution in [1.82, 2.24) is 15.3 Å². The second-order valence-corrected chi connectivity index (χ2v) is 9.17. The molecule has 0 radical (unpaired) electrons. The average molecular weight is 549 g/mol. The molecule has 0 saturated carbocycles. The van der Waals surface area contributed by atoms with Gasteiger partial charge in [-0.3, -0.25) is 9.63 Å². The zero-order valence-electron chi connectivity index (χ0n) is 20.7. The second-order valence-electron chi connectivity index (χ2n) is 9.17. The number of likely N-dealkylation sites (tertiary alicyclic amines) is 1. The van der Waals surface area contributed by atoms with Crippen molar-refractivity contribution in [3.8, 4) is 0 Å². The summed E-state index contributed by atoms with van der Waals surface area (Å²) < 4.78 is 93.3. The first-order valence-corrected chi connectivity index (χ1v) is 11.5. The largest absolute Gasteiger partial charge is 0.416 e. The van der Waals surface area contributed by atoms with Gasteiger partial charge < -0.3 is 9.80 Å². The van der Waals surface area contributed by atoms with E-state index in [2.05, 4.69) is 10.3 Å². The Morgan fingerprint density at radius 2 is 1.66 bits per heavy atom. The molecule has 0 spiro atoms. The fourth-order valence-corrected chi connectivity index (χ4v) is 4.70. The van der Waals surface area contributed by atoms with Gasteiger partial charge in [0.2, 0.25) is 5.91 Å². The lowest BCUT2D eigenvalue weighted by atomic mass is 9.78. The minimum Gasteiger partial charge on any atom is -0.341 e. The van der Waals surface area contributed by atoms with Crippen LogP contribution in [0.15, 0.2) is 36.4 Å². The number of urea groups is 1. The van der Waals surface area contributed by atoms with E-state index in [-0.39, 0.29) is 31.1 Å². The van der Waals surface area contributed by atoms with Crippen molar-refractivity contribution in [3.05, 3.63) is 70.0 Å². The van der Waals surface area contributed by atoms with E-state index in [9.17, 15) is 40.3 Å². The average Bonchev–Trinajstić information content (AvgIpc) is 2.82. The number of aryl methyl sites for hydroxylation is 1. The van der Waals surface area contributed by atoms with Crippen LogP contribution in [0.5, 0.6) is 0 Å². The minimum absolute atomic E-state index is 0.0272. The lowest BCUT2D eigenvalue weighted by Gasteiger charge is -2.39. The van der Waals surface area contributed by atoms with Gasteiger partial charge in [-0.25, -0.2) is 14.7 Å². The van der Waals surface area contributed by atoms with Gasteiger partial charge in [-0.05, 0) is 60.4 Å². The first-order valence-electron chi connectivity index (χ1n) is 11.5. The van der Waals surface area contributed by atoms with E-state index in [1.165, 1.54) is 37.3 Å². The number of piperidine rings is 1. The van der Waals surface area contributed by atoms with E-state index in [1.54, 1.807) is 6.92 Å². The lowest BCUT2D eigenvalue weighted by molar-refractivity contribution is -0.143. The van der Waals surface area contributed by atoms with Crippen LogP contribution in [-0.4, -0.2) is 49.0 Å². The molecule has 1 aliphatic rings. The highest BCUT2D eigenvalue weighted by Gasteiger charge is 2.40. The van der Waals surface area contributed by atoms with Crippen LogP contribution < -0.4 is 5.48 Å². The Morgan fingerprint density at radius 1 is 1.05 bits per heavy atom. The molecule has 38 heavy (non-hydrogen) atoms. The highest BCUT2D eigenvalue weighted by Crippen LogP contribution is 2.38. The van der Waals surface area contributed by atoms with E-state index in [4.69, 9.17) is 0 Å². The van der Waals surface area contributed by atoms with Crippen LogP contribution >= 0.6 is 0 Å². The molecule has 208 valence electrons. The van der Waals surface area contributed by atoms with Crippen molar-refractivity contribution in [2.24, 2.45) is 5.92 Å². The summed E-state index contributed by atoms with van der Waals surface area (Å²) in [6, 6.07) is 4.62. The number of amides is 3. The summed E-state index contributed by atoms with van der Waals surface area (Å²) in [5, 5.41) is 0. The molecule has 0 aromatic heterocycles. The number of alkyl halides is 6. The number of halogens is 7. The third kappa shape index (κ3) is 6.74. The van der Waals surface area contributed by atoms with Crippen molar-refractivity contribution in [2.75, 3.05) is 27.2 Å². The fourth-order valence-electron chi connectivity index (χ4n) is 4.70. The van der Waals surface area contributed by atoms with Gasteiger partial charge in [0.15, 0.2) is 0 Å². The maximum absolute atomic E-state index is 13.8. The number of hydroxylamine groups is 1. The van der Waals surface area contributed by atoms with Gasteiger partial charge in [-0.1, -0.05) is 6.07 Å². The standard InChI is InChI=1S/C25H26F7N3O3/c1-14-8-18(26)4-5-19(14)21-13-35(23(37)33-38-3)7-6-20(21)22(36)34(2)12-15-9-16(24(27,28)29)11-17(10-15)25(30,31)32/h4-5,8-11,20-21H,6-7,12-13H2,1-3H3,(H,33,37)/t20-,21+/m1/s1. The first kappa shape index (κ1) is 29.2. The van der Waals surface area contributed by atoms with Crippen molar-refractivity contribution >= 4 is 11.9 Å². The zero-order chi connectivity index (χ0) is 28.4. The van der Waals surface area contributed by atoms with Crippen molar-refractivity contribution < 1.29 is 45.2 Å². The quantitative estimate of drug-likeness (QED) is 0.396. The molecule has 0 unspecified atom stereocenters. The van der Waals surface area contributed by atoms with Gasteiger partial charge >= 0.3 is 18.4 Å². The Hall–Kier alpha value is -3.35. The SMILES string of the molecule is CONC(=O)N1CC[C@@H](C(=O)N(C)Cc2cc(C(F)(F)F)cc(C(F)(F)F)c2)[C@H](c2ccc(F)cc2C)C1. The number of hydrogen-bond donors (Lipinski definition) is 1. The van der Waals surface area contributed by atoms with E-state index < -0.39 is 59.6 Å². The zero-order valence-corrected chi connectivity index (χ0v) is 20.7. The molecular formula is C25H26F7N3O3. The van der Waals surface area contributed by atoms with Gasteiger partial charge in [0, 0.05) is 38.5 Å². The van der Waals surface area contributed by atoms with E-state index in [1.807, 2.05) is 0 Å². The molecule has 13 heteroatoms. The van der Waals surface area contributed by atoms with Crippen LogP contribution in [0, 0.1) is 18.7 Å². The number of benzene rings is 2. The normalized spacial score (nSPS) is 18.3. The Bertz CT molecular complexity index is 1150. The molecule has 1 aliphatic heterocycles. The molecule has 1 saturated heterocycles. The Labute approximate surface area is 214 Å². The lowest BCUT2D eigenvalue weighted by Crippen LogP contribution is -2.50. The molecule has 2 atom stereocenters.